The van der Waals surface area contributed by atoms with Crippen LogP contribution in [0.1, 0.15) is 56.3 Å². The zero-order chi connectivity index (χ0) is 12.7. The molecule has 3 aliphatic heterocycles. The summed E-state index contributed by atoms with van der Waals surface area (Å²) >= 11 is 0. The van der Waals surface area contributed by atoms with Crippen molar-refractivity contribution >= 4 is 0 Å². The van der Waals surface area contributed by atoms with Gasteiger partial charge in [-0.15, -0.1) is 0 Å². The van der Waals surface area contributed by atoms with E-state index in [2.05, 4.69) is 32.3 Å². The number of hydrogen-bond acceptors (Lipinski definition) is 3. The maximum atomic E-state index is 4.44. The minimum absolute atomic E-state index is 0.545. The van der Waals surface area contributed by atoms with E-state index in [4.69, 9.17) is 0 Å². The second-order valence-electron chi connectivity index (χ2n) is 6.38. The molecule has 0 aromatic carbocycles. The average molecular weight is 260 g/mol. The molecule has 4 heterocycles. The van der Waals surface area contributed by atoms with Gasteiger partial charge in [-0.25, -0.2) is 4.98 Å². The summed E-state index contributed by atoms with van der Waals surface area (Å²) in [4.78, 5) is 7.13. The molecule has 0 radical (unpaired) electrons. The molecule has 1 aromatic heterocycles. The Labute approximate surface area is 115 Å². The number of aromatic nitrogens is 2. The van der Waals surface area contributed by atoms with Gasteiger partial charge >= 0.3 is 0 Å². The van der Waals surface area contributed by atoms with E-state index in [1.807, 2.05) is 0 Å². The van der Waals surface area contributed by atoms with Crippen molar-refractivity contribution in [3.63, 3.8) is 0 Å². The van der Waals surface area contributed by atoms with Gasteiger partial charge in [-0.3, -0.25) is 0 Å². The lowest BCUT2D eigenvalue weighted by Crippen LogP contribution is -2.39. The van der Waals surface area contributed by atoms with Crippen LogP contribution in [0.5, 0.6) is 0 Å². The molecule has 0 aliphatic carbocycles. The van der Waals surface area contributed by atoms with Crippen LogP contribution in [-0.4, -0.2) is 40.1 Å². The normalized spacial score (nSPS) is 35.7. The van der Waals surface area contributed by atoms with Gasteiger partial charge in [0.25, 0.3) is 0 Å². The molecule has 1 aromatic rings. The number of fused-ring (bicyclic) bond motifs is 1. The van der Waals surface area contributed by atoms with E-state index in [0.717, 1.165) is 12.6 Å². The molecule has 0 saturated carbocycles. The molecular weight excluding hydrogens is 236 g/mol. The highest BCUT2D eigenvalue weighted by molar-refractivity contribution is 5.09. The molecule has 3 saturated heterocycles. The number of nitrogens with zero attached hydrogens (tertiary/aromatic N) is 3. The third kappa shape index (κ3) is 2.11. The molecular formula is C15H24N4. The Morgan fingerprint density at radius 3 is 3.00 bits per heavy atom. The van der Waals surface area contributed by atoms with E-state index in [0.29, 0.717) is 12.1 Å². The van der Waals surface area contributed by atoms with Crippen LogP contribution < -0.4 is 5.32 Å². The van der Waals surface area contributed by atoms with Crippen molar-refractivity contribution in [3.8, 4) is 0 Å². The predicted octanol–water partition coefficient (Wildman–Crippen LogP) is 2.11. The van der Waals surface area contributed by atoms with Crippen molar-refractivity contribution < 1.29 is 0 Å². The van der Waals surface area contributed by atoms with Gasteiger partial charge in [-0.2, -0.15) is 0 Å². The molecule has 0 spiro atoms. The lowest BCUT2D eigenvalue weighted by molar-refractivity contribution is 0.153. The van der Waals surface area contributed by atoms with Crippen LogP contribution >= 0.6 is 0 Å². The molecule has 0 amide bonds. The Morgan fingerprint density at radius 2 is 2.11 bits per heavy atom. The number of imidazole rings is 1. The van der Waals surface area contributed by atoms with Crippen LogP contribution in [-0.2, 0) is 0 Å². The zero-order valence-corrected chi connectivity index (χ0v) is 11.6. The maximum Gasteiger partial charge on any atom is 0.0951 e. The number of nitrogens with one attached hydrogen (secondary N) is 1. The van der Waals surface area contributed by atoms with Crippen molar-refractivity contribution in [3.05, 3.63) is 18.2 Å². The largest absolute Gasteiger partial charge is 0.330 e. The minimum atomic E-state index is 0.545. The first-order valence-corrected chi connectivity index (χ1v) is 7.91. The van der Waals surface area contributed by atoms with Crippen molar-refractivity contribution in [2.45, 2.75) is 56.7 Å². The molecule has 4 rings (SSSR count). The van der Waals surface area contributed by atoms with Crippen molar-refractivity contribution in [1.82, 2.24) is 19.8 Å². The van der Waals surface area contributed by atoms with E-state index in [9.17, 15) is 0 Å². The molecule has 3 aliphatic rings. The van der Waals surface area contributed by atoms with Crippen LogP contribution in [0, 0.1) is 0 Å². The van der Waals surface area contributed by atoms with Gasteiger partial charge in [0.15, 0.2) is 0 Å². The van der Waals surface area contributed by atoms with Crippen molar-refractivity contribution in [1.29, 1.82) is 0 Å². The van der Waals surface area contributed by atoms with Gasteiger partial charge in [0.1, 0.15) is 0 Å². The summed E-state index contributed by atoms with van der Waals surface area (Å²) in [6.07, 6.45) is 12.2. The van der Waals surface area contributed by atoms with E-state index in [1.165, 1.54) is 57.3 Å². The molecule has 3 fully saturated rings. The second kappa shape index (κ2) is 4.91. The monoisotopic (exact) mass is 260 g/mol. The third-order valence-corrected chi connectivity index (χ3v) is 5.30. The van der Waals surface area contributed by atoms with Gasteiger partial charge in [0.05, 0.1) is 12.0 Å². The van der Waals surface area contributed by atoms with Gasteiger partial charge in [-0.1, -0.05) is 0 Å². The molecule has 3 atom stereocenters. The molecule has 19 heavy (non-hydrogen) atoms. The Kier molecular flexibility index (Phi) is 3.08. The fourth-order valence-electron chi connectivity index (χ4n) is 4.28. The standard InChI is InChI=1S/C15H24N4/c1-4-14(17-6-1)15-10-16-11-19(15)13-5-8-18-7-2-3-12(18)9-13/h10-14,17H,1-9H2/t12?,13?,14-/m0/s1. The van der Waals surface area contributed by atoms with Crippen molar-refractivity contribution in [2.24, 2.45) is 0 Å². The lowest BCUT2D eigenvalue weighted by atomic mass is 9.97. The average Bonchev–Trinajstić information content (AvgIpc) is 3.18. The summed E-state index contributed by atoms with van der Waals surface area (Å²) in [6, 6.07) is 2.06. The summed E-state index contributed by atoms with van der Waals surface area (Å²) < 4.78 is 2.48. The molecule has 2 unspecified atom stereocenters. The van der Waals surface area contributed by atoms with E-state index >= 15 is 0 Å². The maximum absolute atomic E-state index is 4.44. The minimum Gasteiger partial charge on any atom is -0.330 e. The van der Waals surface area contributed by atoms with Gasteiger partial charge in [-0.05, 0) is 51.6 Å². The Hall–Kier alpha value is -0.870. The van der Waals surface area contributed by atoms with E-state index in [1.54, 1.807) is 0 Å². The van der Waals surface area contributed by atoms with Crippen LogP contribution in [0.2, 0.25) is 0 Å². The van der Waals surface area contributed by atoms with Gasteiger partial charge in [0.2, 0.25) is 0 Å². The summed E-state index contributed by atoms with van der Waals surface area (Å²) in [5, 5.41) is 3.61. The Morgan fingerprint density at radius 1 is 1.11 bits per heavy atom. The summed E-state index contributed by atoms with van der Waals surface area (Å²) in [7, 11) is 0. The molecule has 104 valence electrons. The lowest BCUT2D eigenvalue weighted by Gasteiger charge is -2.36. The molecule has 1 N–H and O–H groups in total. The fourth-order valence-corrected chi connectivity index (χ4v) is 4.28. The molecule has 4 heteroatoms. The fraction of sp³-hybridized carbons (Fsp3) is 0.800. The first kappa shape index (κ1) is 11.9. The molecule has 4 nitrogen and oxygen atoms in total. The molecule has 0 bridgehead atoms. The number of rotatable bonds is 2. The highest BCUT2D eigenvalue weighted by Gasteiger charge is 2.33. The van der Waals surface area contributed by atoms with Gasteiger partial charge in [0, 0.05) is 30.9 Å². The van der Waals surface area contributed by atoms with Crippen LogP contribution in [0.4, 0.5) is 0 Å². The Bertz CT molecular complexity index is 435. The SMILES string of the molecule is c1ncn(C2CCN3CCCC3C2)c1[C@@H]1CCCN1. The Balaban J connectivity index is 1.54. The summed E-state index contributed by atoms with van der Waals surface area (Å²) in [6.45, 7) is 3.78. The van der Waals surface area contributed by atoms with Crippen LogP contribution in [0.3, 0.4) is 0 Å². The zero-order valence-electron chi connectivity index (χ0n) is 11.6. The third-order valence-electron chi connectivity index (χ3n) is 5.30. The predicted molar refractivity (Wildman–Crippen MR) is 75.1 cm³/mol. The number of piperidine rings is 1. The van der Waals surface area contributed by atoms with Crippen LogP contribution in [0.25, 0.3) is 0 Å². The second-order valence-corrected chi connectivity index (χ2v) is 6.38. The highest BCUT2D eigenvalue weighted by atomic mass is 15.2. The first-order valence-electron chi connectivity index (χ1n) is 7.91. The van der Waals surface area contributed by atoms with Crippen LogP contribution in [0.15, 0.2) is 12.5 Å². The van der Waals surface area contributed by atoms with Gasteiger partial charge < -0.3 is 14.8 Å². The van der Waals surface area contributed by atoms with E-state index < -0.39 is 0 Å². The smallest absolute Gasteiger partial charge is 0.0951 e. The quantitative estimate of drug-likeness (QED) is 0.884. The highest BCUT2D eigenvalue weighted by Crippen LogP contribution is 2.35. The summed E-state index contributed by atoms with van der Waals surface area (Å²) in [5.74, 6) is 0. The summed E-state index contributed by atoms with van der Waals surface area (Å²) in [5.41, 5.74) is 1.42. The number of hydrogen-bond donors (Lipinski definition) is 1. The van der Waals surface area contributed by atoms with E-state index in [-0.39, 0.29) is 0 Å². The topological polar surface area (TPSA) is 33.1 Å². The van der Waals surface area contributed by atoms with Crippen molar-refractivity contribution in [2.75, 3.05) is 19.6 Å². The first-order chi connectivity index (χ1) is 9.42.